The lowest BCUT2D eigenvalue weighted by molar-refractivity contribution is 0.482. The lowest BCUT2D eigenvalue weighted by Gasteiger charge is -2.31. The summed E-state index contributed by atoms with van der Waals surface area (Å²) in [5, 5.41) is 3.53. The highest BCUT2D eigenvalue weighted by Crippen LogP contribution is 2.36. The third kappa shape index (κ3) is 2.94. The Morgan fingerprint density at radius 1 is 0.905 bits per heavy atom. The Hall–Kier alpha value is -2.22. The fraction of sp³-hybridized carbons (Fsp3) is 0.263. The first-order valence-corrected chi connectivity index (χ1v) is 7.29. The first-order valence-electron chi connectivity index (χ1n) is 7.29. The van der Waals surface area contributed by atoms with E-state index < -0.39 is 0 Å². The zero-order chi connectivity index (χ0) is 15.0. The van der Waals surface area contributed by atoms with Crippen LogP contribution >= 0.6 is 0 Å². The summed E-state index contributed by atoms with van der Waals surface area (Å²) in [4.78, 5) is 0. The number of aryl methyl sites for hydroxylation is 1. The summed E-state index contributed by atoms with van der Waals surface area (Å²) in [5.41, 5.74) is 4.88. The number of hydrogen-bond donors (Lipinski definition) is 1. The van der Waals surface area contributed by atoms with Gasteiger partial charge in [-0.15, -0.1) is 0 Å². The Kier molecular flexibility index (Phi) is 3.25. The van der Waals surface area contributed by atoms with Crippen molar-refractivity contribution in [2.75, 3.05) is 5.32 Å². The molecular formula is C19H21NO. The Bertz CT molecular complexity index is 696. The smallest absolute Gasteiger partial charge is 0.128 e. The molecule has 0 amide bonds. The van der Waals surface area contributed by atoms with Gasteiger partial charge >= 0.3 is 0 Å². The molecule has 2 heteroatoms. The van der Waals surface area contributed by atoms with Gasteiger partial charge in [-0.25, -0.2) is 0 Å². The molecule has 1 aliphatic heterocycles. The first-order chi connectivity index (χ1) is 9.93. The molecular weight excluding hydrogens is 258 g/mol. The number of anilines is 1. The van der Waals surface area contributed by atoms with E-state index in [0.717, 1.165) is 17.2 Å². The minimum atomic E-state index is -0.00356. The molecule has 2 nitrogen and oxygen atoms in total. The third-order valence-electron chi connectivity index (χ3n) is 3.71. The lowest BCUT2D eigenvalue weighted by atomic mass is 9.91. The highest BCUT2D eigenvalue weighted by molar-refractivity contribution is 5.81. The maximum atomic E-state index is 5.94. The molecule has 1 N–H and O–H groups in total. The lowest BCUT2D eigenvalue weighted by Crippen LogP contribution is -2.31. The van der Waals surface area contributed by atoms with Crippen LogP contribution in [0.2, 0.25) is 0 Å². The molecule has 2 aromatic rings. The average Bonchev–Trinajstić information content (AvgIpc) is 2.41. The number of hydrogen-bond acceptors (Lipinski definition) is 2. The summed E-state index contributed by atoms with van der Waals surface area (Å²) in [5.74, 6) is 1.73. The molecule has 1 heterocycles. The summed E-state index contributed by atoms with van der Waals surface area (Å²) in [6.07, 6.45) is 2.25. The van der Waals surface area contributed by atoms with E-state index in [1.807, 2.05) is 18.2 Å². The van der Waals surface area contributed by atoms with Crippen LogP contribution in [0.4, 0.5) is 5.69 Å². The first kappa shape index (κ1) is 13.7. The van der Waals surface area contributed by atoms with Crippen molar-refractivity contribution in [3.63, 3.8) is 0 Å². The number of nitrogens with one attached hydrogen (secondary N) is 1. The predicted octanol–water partition coefficient (Wildman–Crippen LogP) is 5.39. The van der Waals surface area contributed by atoms with Gasteiger partial charge in [0.1, 0.15) is 11.5 Å². The van der Waals surface area contributed by atoms with Crippen LogP contribution in [0.3, 0.4) is 0 Å². The van der Waals surface area contributed by atoms with Crippen molar-refractivity contribution < 1.29 is 4.74 Å². The van der Waals surface area contributed by atoms with E-state index in [0.29, 0.717) is 0 Å². The Labute approximate surface area is 126 Å². The number of fused-ring (bicyclic) bond motifs is 1. The van der Waals surface area contributed by atoms with Crippen LogP contribution in [0.15, 0.2) is 48.5 Å². The van der Waals surface area contributed by atoms with Crippen molar-refractivity contribution in [3.8, 4) is 11.5 Å². The monoisotopic (exact) mass is 279 g/mol. The van der Waals surface area contributed by atoms with Gasteiger partial charge in [-0.2, -0.15) is 0 Å². The van der Waals surface area contributed by atoms with Crippen LogP contribution in [0.1, 0.15) is 31.9 Å². The highest BCUT2D eigenvalue weighted by Gasteiger charge is 2.22. The van der Waals surface area contributed by atoms with Crippen LogP contribution in [0, 0.1) is 6.92 Å². The fourth-order valence-electron chi connectivity index (χ4n) is 2.77. The van der Waals surface area contributed by atoms with Gasteiger partial charge in [0, 0.05) is 11.3 Å². The normalized spacial score (nSPS) is 15.7. The fourth-order valence-corrected chi connectivity index (χ4v) is 2.77. The van der Waals surface area contributed by atoms with Crippen LogP contribution < -0.4 is 10.1 Å². The summed E-state index contributed by atoms with van der Waals surface area (Å²) >= 11 is 0. The van der Waals surface area contributed by atoms with Crippen LogP contribution in [0.25, 0.3) is 5.57 Å². The quantitative estimate of drug-likeness (QED) is 0.795. The van der Waals surface area contributed by atoms with Gasteiger partial charge in [0.05, 0.1) is 5.54 Å². The molecule has 3 rings (SSSR count). The van der Waals surface area contributed by atoms with Crippen molar-refractivity contribution >= 4 is 11.3 Å². The van der Waals surface area contributed by atoms with E-state index in [1.165, 1.54) is 16.7 Å². The molecule has 0 atom stereocenters. The average molecular weight is 279 g/mol. The Morgan fingerprint density at radius 2 is 1.57 bits per heavy atom. The second-order valence-corrected chi connectivity index (χ2v) is 6.30. The zero-order valence-electron chi connectivity index (χ0n) is 13.0. The SMILES string of the molecule is CC1=CC(C)(C)Nc2ccc(Oc3ccc(C)cc3)cc21. The van der Waals surface area contributed by atoms with Crippen LogP contribution in [-0.4, -0.2) is 5.54 Å². The van der Waals surface area contributed by atoms with E-state index in [9.17, 15) is 0 Å². The number of ether oxygens (including phenoxy) is 1. The zero-order valence-corrected chi connectivity index (χ0v) is 13.0. The minimum absolute atomic E-state index is 0.00356. The third-order valence-corrected chi connectivity index (χ3v) is 3.71. The molecule has 0 bridgehead atoms. The Morgan fingerprint density at radius 3 is 2.29 bits per heavy atom. The summed E-state index contributed by atoms with van der Waals surface area (Å²) in [7, 11) is 0. The van der Waals surface area contributed by atoms with Gasteiger partial charge < -0.3 is 10.1 Å². The van der Waals surface area contributed by atoms with Gasteiger partial charge in [0.2, 0.25) is 0 Å². The molecule has 108 valence electrons. The van der Waals surface area contributed by atoms with Gasteiger partial charge in [-0.05, 0) is 63.6 Å². The van der Waals surface area contributed by atoms with Gasteiger partial charge in [-0.3, -0.25) is 0 Å². The maximum Gasteiger partial charge on any atom is 0.128 e. The van der Waals surface area contributed by atoms with Crippen molar-refractivity contribution in [3.05, 3.63) is 59.7 Å². The largest absolute Gasteiger partial charge is 0.457 e. The number of allylic oxidation sites excluding steroid dienone is 1. The van der Waals surface area contributed by atoms with Crippen molar-refractivity contribution in [2.24, 2.45) is 0 Å². The number of benzene rings is 2. The van der Waals surface area contributed by atoms with Gasteiger partial charge in [0.15, 0.2) is 0 Å². The molecule has 2 aromatic carbocycles. The standard InChI is InChI=1S/C19H21NO/c1-13-5-7-15(8-6-13)21-16-9-10-18-17(11-16)14(2)12-19(3,4)20-18/h5-12,20H,1-4H3. The molecule has 1 aliphatic rings. The summed E-state index contributed by atoms with van der Waals surface area (Å²) < 4.78 is 5.94. The molecule has 0 aliphatic carbocycles. The van der Waals surface area contributed by atoms with Crippen molar-refractivity contribution in [1.29, 1.82) is 0 Å². The molecule has 0 saturated heterocycles. The topological polar surface area (TPSA) is 21.3 Å². The molecule has 0 fully saturated rings. The molecule has 0 radical (unpaired) electrons. The molecule has 0 unspecified atom stereocenters. The van der Waals surface area contributed by atoms with E-state index in [-0.39, 0.29) is 5.54 Å². The molecule has 21 heavy (non-hydrogen) atoms. The predicted molar refractivity (Wildman–Crippen MR) is 89.0 cm³/mol. The second-order valence-electron chi connectivity index (χ2n) is 6.30. The Balaban J connectivity index is 1.90. The van der Waals surface area contributed by atoms with E-state index in [1.54, 1.807) is 0 Å². The molecule has 0 spiro atoms. The summed E-state index contributed by atoms with van der Waals surface area (Å²) in [6.45, 7) is 8.58. The summed E-state index contributed by atoms with van der Waals surface area (Å²) in [6, 6.07) is 14.3. The van der Waals surface area contributed by atoms with Gasteiger partial charge in [0.25, 0.3) is 0 Å². The van der Waals surface area contributed by atoms with Crippen LogP contribution in [0.5, 0.6) is 11.5 Å². The van der Waals surface area contributed by atoms with Crippen LogP contribution in [-0.2, 0) is 0 Å². The maximum absolute atomic E-state index is 5.94. The molecule has 0 saturated carbocycles. The minimum Gasteiger partial charge on any atom is -0.457 e. The van der Waals surface area contributed by atoms with Crippen molar-refractivity contribution in [2.45, 2.75) is 33.2 Å². The number of rotatable bonds is 2. The van der Waals surface area contributed by atoms with Gasteiger partial charge in [-0.1, -0.05) is 23.8 Å². The van der Waals surface area contributed by atoms with E-state index in [4.69, 9.17) is 4.74 Å². The second kappa shape index (κ2) is 4.96. The van der Waals surface area contributed by atoms with E-state index in [2.05, 4.69) is 63.4 Å². The highest BCUT2D eigenvalue weighted by atomic mass is 16.5. The van der Waals surface area contributed by atoms with Crippen molar-refractivity contribution in [1.82, 2.24) is 0 Å². The molecule has 0 aromatic heterocycles. The van der Waals surface area contributed by atoms with E-state index >= 15 is 0 Å².